The summed E-state index contributed by atoms with van der Waals surface area (Å²) in [6.45, 7) is 5.25. The van der Waals surface area contributed by atoms with Gasteiger partial charge in [0.15, 0.2) is 17.5 Å². The summed E-state index contributed by atoms with van der Waals surface area (Å²) in [6, 6.07) is 4.58. The number of nitrogens with zero attached hydrogens (tertiary/aromatic N) is 4. The highest BCUT2D eigenvalue weighted by Crippen LogP contribution is 2.32. The number of H-pyrrole nitrogens is 1. The standard InChI is InChI=1S/C17H17F2N5O/c1-9-7-13(11-3-4-12(18)15(19)16(11)20-9)24-5-6-25-14(8-24)17-21-10(2)22-23-17/h3-4,7,14H,5-6,8H2,1-2H3,(H,21,22,23). The molecule has 1 saturated heterocycles. The monoisotopic (exact) mass is 345 g/mol. The van der Waals surface area contributed by atoms with Crippen molar-refractivity contribution in [2.24, 2.45) is 0 Å². The molecule has 130 valence electrons. The first-order valence-corrected chi connectivity index (χ1v) is 8.04. The molecule has 0 bridgehead atoms. The van der Waals surface area contributed by atoms with Crippen LogP contribution < -0.4 is 4.90 Å². The number of nitrogens with one attached hydrogen (secondary N) is 1. The zero-order chi connectivity index (χ0) is 17.6. The molecule has 1 aliphatic rings. The zero-order valence-corrected chi connectivity index (χ0v) is 13.9. The van der Waals surface area contributed by atoms with Gasteiger partial charge in [-0.05, 0) is 32.0 Å². The number of halogens is 2. The summed E-state index contributed by atoms with van der Waals surface area (Å²) in [5.74, 6) is -0.502. The Morgan fingerprint density at radius 2 is 2.08 bits per heavy atom. The molecule has 1 unspecified atom stereocenters. The van der Waals surface area contributed by atoms with Crippen LogP contribution in [-0.4, -0.2) is 39.9 Å². The Labute approximate surface area is 142 Å². The maximum Gasteiger partial charge on any atom is 0.185 e. The van der Waals surface area contributed by atoms with E-state index in [0.29, 0.717) is 36.6 Å². The van der Waals surface area contributed by atoms with Gasteiger partial charge in [-0.2, -0.15) is 5.10 Å². The van der Waals surface area contributed by atoms with Crippen LogP contribution in [0.4, 0.5) is 14.5 Å². The van der Waals surface area contributed by atoms with E-state index >= 15 is 0 Å². The quantitative estimate of drug-likeness (QED) is 0.774. The number of aromatic amines is 1. The van der Waals surface area contributed by atoms with Crippen LogP contribution >= 0.6 is 0 Å². The second-order valence-electron chi connectivity index (χ2n) is 6.12. The molecule has 0 spiro atoms. The van der Waals surface area contributed by atoms with Gasteiger partial charge in [0.2, 0.25) is 0 Å². The Morgan fingerprint density at radius 1 is 1.24 bits per heavy atom. The summed E-state index contributed by atoms with van der Waals surface area (Å²) in [5, 5.41) is 7.56. The maximum absolute atomic E-state index is 14.2. The maximum atomic E-state index is 14.2. The number of rotatable bonds is 2. The summed E-state index contributed by atoms with van der Waals surface area (Å²) in [6.07, 6.45) is -0.285. The number of hydrogen-bond acceptors (Lipinski definition) is 5. The van der Waals surface area contributed by atoms with Crippen molar-refractivity contribution in [2.75, 3.05) is 24.6 Å². The fourth-order valence-electron chi connectivity index (χ4n) is 3.13. The molecular weight excluding hydrogens is 328 g/mol. The van der Waals surface area contributed by atoms with Crippen molar-refractivity contribution < 1.29 is 13.5 Å². The largest absolute Gasteiger partial charge is 0.366 e. The van der Waals surface area contributed by atoms with Gasteiger partial charge in [-0.3, -0.25) is 5.10 Å². The molecular formula is C17H17F2N5O. The van der Waals surface area contributed by atoms with E-state index in [1.54, 1.807) is 13.0 Å². The van der Waals surface area contributed by atoms with Gasteiger partial charge >= 0.3 is 0 Å². The summed E-state index contributed by atoms with van der Waals surface area (Å²) in [5.41, 5.74) is 1.48. The van der Waals surface area contributed by atoms with Gasteiger partial charge in [0.05, 0.1) is 13.2 Å². The molecule has 1 N–H and O–H groups in total. The van der Waals surface area contributed by atoms with Crippen LogP contribution in [0.1, 0.15) is 23.4 Å². The van der Waals surface area contributed by atoms with Gasteiger partial charge in [0.1, 0.15) is 17.4 Å². The molecule has 3 aromatic rings. The first kappa shape index (κ1) is 15.9. The zero-order valence-electron chi connectivity index (χ0n) is 13.9. The minimum Gasteiger partial charge on any atom is -0.366 e. The van der Waals surface area contributed by atoms with Crippen molar-refractivity contribution in [1.82, 2.24) is 20.2 Å². The summed E-state index contributed by atoms with van der Waals surface area (Å²) >= 11 is 0. The van der Waals surface area contributed by atoms with Crippen LogP contribution in [0.5, 0.6) is 0 Å². The Hall–Kier alpha value is -2.61. The van der Waals surface area contributed by atoms with E-state index < -0.39 is 11.6 Å². The molecule has 2 aromatic heterocycles. The summed E-state index contributed by atoms with van der Waals surface area (Å²) < 4.78 is 33.5. The molecule has 1 aromatic carbocycles. The van der Waals surface area contributed by atoms with Gasteiger partial charge in [0, 0.05) is 23.3 Å². The first-order chi connectivity index (χ1) is 12.0. The van der Waals surface area contributed by atoms with Gasteiger partial charge in [0.25, 0.3) is 0 Å². The average molecular weight is 345 g/mol. The highest BCUT2D eigenvalue weighted by Gasteiger charge is 2.27. The van der Waals surface area contributed by atoms with Gasteiger partial charge in [-0.25, -0.2) is 18.7 Å². The third-order valence-corrected chi connectivity index (χ3v) is 4.29. The predicted molar refractivity (Wildman–Crippen MR) is 88.4 cm³/mol. The highest BCUT2D eigenvalue weighted by atomic mass is 19.2. The van der Waals surface area contributed by atoms with E-state index in [-0.39, 0.29) is 11.6 Å². The van der Waals surface area contributed by atoms with Crippen LogP contribution in [0.2, 0.25) is 0 Å². The van der Waals surface area contributed by atoms with Gasteiger partial charge in [-0.15, -0.1) is 0 Å². The molecule has 1 atom stereocenters. The van der Waals surface area contributed by atoms with Crippen LogP contribution in [0.3, 0.4) is 0 Å². The van der Waals surface area contributed by atoms with Crippen molar-refractivity contribution in [1.29, 1.82) is 0 Å². The van der Waals surface area contributed by atoms with E-state index in [1.165, 1.54) is 0 Å². The van der Waals surface area contributed by atoms with Crippen molar-refractivity contribution in [3.63, 3.8) is 0 Å². The second kappa shape index (κ2) is 6.03. The minimum atomic E-state index is -0.920. The Balaban J connectivity index is 1.75. The normalized spacial score (nSPS) is 18.1. The molecule has 6 nitrogen and oxygen atoms in total. The van der Waals surface area contributed by atoms with E-state index in [9.17, 15) is 8.78 Å². The molecule has 0 amide bonds. The van der Waals surface area contributed by atoms with Crippen LogP contribution in [0, 0.1) is 25.5 Å². The smallest absolute Gasteiger partial charge is 0.185 e. The third kappa shape index (κ3) is 2.82. The predicted octanol–water partition coefficient (Wildman–Crippen LogP) is 2.83. The molecule has 1 fully saturated rings. The minimum absolute atomic E-state index is 0.0479. The molecule has 25 heavy (non-hydrogen) atoms. The van der Waals surface area contributed by atoms with Crippen molar-refractivity contribution in [3.05, 3.63) is 47.2 Å². The highest BCUT2D eigenvalue weighted by molar-refractivity contribution is 5.92. The van der Waals surface area contributed by atoms with Crippen molar-refractivity contribution in [3.8, 4) is 0 Å². The van der Waals surface area contributed by atoms with E-state index in [0.717, 1.165) is 17.6 Å². The average Bonchev–Trinajstić information content (AvgIpc) is 3.04. The number of benzene rings is 1. The lowest BCUT2D eigenvalue weighted by atomic mass is 10.1. The van der Waals surface area contributed by atoms with Crippen molar-refractivity contribution in [2.45, 2.75) is 20.0 Å². The molecule has 0 radical (unpaired) electrons. The van der Waals surface area contributed by atoms with Gasteiger partial charge < -0.3 is 9.64 Å². The number of anilines is 1. The number of hydrogen-bond donors (Lipinski definition) is 1. The van der Waals surface area contributed by atoms with Crippen LogP contribution in [0.15, 0.2) is 18.2 Å². The number of aryl methyl sites for hydroxylation is 2. The molecule has 1 aliphatic heterocycles. The lowest BCUT2D eigenvalue weighted by molar-refractivity contribution is 0.0343. The van der Waals surface area contributed by atoms with E-state index in [2.05, 4.69) is 25.1 Å². The Morgan fingerprint density at radius 3 is 2.84 bits per heavy atom. The van der Waals surface area contributed by atoms with E-state index in [1.807, 2.05) is 13.0 Å². The van der Waals surface area contributed by atoms with Crippen molar-refractivity contribution >= 4 is 16.6 Å². The lowest BCUT2D eigenvalue weighted by Gasteiger charge is -2.34. The summed E-state index contributed by atoms with van der Waals surface area (Å²) in [7, 11) is 0. The first-order valence-electron chi connectivity index (χ1n) is 8.04. The van der Waals surface area contributed by atoms with Crippen LogP contribution in [0.25, 0.3) is 10.9 Å². The topological polar surface area (TPSA) is 66.9 Å². The molecule has 8 heteroatoms. The molecule has 0 saturated carbocycles. The second-order valence-corrected chi connectivity index (χ2v) is 6.12. The molecule has 3 heterocycles. The summed E-state index contributed by atoms with van der Waals surface area (Å²) in [4.78, 5) is 10.6. The van der Waals surface area contributed by atoms with Crippen LogP contribution in [-0.2, 0) is 4.74 Å². The number of aromatic nitrogens is 4. The Kier molecular flexibility index (Phi) is 3.84. The molecule has 4 rings (SSSR count). The SMILES string of the molecule is Cc1cc(N2CCOC(c3n[nH]c(C)n3)C2)c2ccc(F)c(F)c2n1. The van der Waals surface area contributed by atoms with E-state index in [4.69, 9.17) is 4.74 Å². The number of morpholine rings is 1. The van der Waals surface area contributed by atoms with Gasteiger partial charge in [-0.1, -0.05) is 0 Å². The third-order valence-electron chi connectivity index (χ3n) is 4.29. The Bertz CT molecular complexity index is 942. The number of pyridine rings is 1. The lowest BCUT2D eigenvalue weighted by Crippen LogP contribution is -2.39. The number of fused-ring (bicyclic) bond motifs is 1. The number of ether oxygens (including phenoxy) is 1. The fraction of sp³-hybridized carbons (Fsp3) is 0.353. The fourth-order valence-corrected chi connectivity index (χ4v) is 3.13. The molecule has 0 aliphatic carbocycles.